The van der Waals surface area contributed by atoms with E-state index >= 15 is 0 Å². The zero-order chi connectivity index (χ0) is 16.1. The molecule has 0 radical (unpaired) electrons. The third-order valence-electron chi connectivity index (χ3n) is 3.15. The second-order valence-corrected chi connectivity index (χ2v) is 6.34. The Labute approximate surface area is 139 Å². The Balaban J connectivity index is 2.12. The van der Waals surface area contributed by atoms with Gasteiger partial charge in [0.25, 0.3) is 5.91 Å². The highest BCUT2D eigenvalue weighted by Crippen LogP contribution is 2.32. The van der Waals surface area contributed by atoms with Gasteiger partial charge in [0.2, 0.25) is 0 Å². The number of thioether (sulfide) groups is 1. The van der Waals surface area contributed by atoms with Crippen LogP contribution in [0.5, 0.6) is 0 Å². The standard InChI is InChI=1S/C16H17NO3S2/c1-3-11-5-7-12(8-6-11)9-13-15(19)17(16(21)22-13)10-14(18)20-4-2/h5-9H,3-4,10H2,1-2H3. The van der Waals surface area contributed by atoms with Crippen molar-refractivity contribution >= 4 is 46.3 Å². The molecule has 0 spiro atoms. The summed E-state index contributed by atoms with van der Waals surface area (Å²) in [6, 6.07) is 8.00. The Morgan fingerprint density at radius 1 is 1.32 bits per heavy atom. The fraction of sp³-hybridized carbons (Fsp3) is 0.312. The van der Waals surface area contributed by atoms with Gasteiger partial charge in [-0.15, -0.1) is 0 Å². The molecule has 116 valence electrons. The number of carbonyl (C=O) groups is 2. The molecule has 0 aliphatic carbocycles. The fourth-order valence-electron chi connectivity index (χ4n) is 1.97. The summed E-state index contributed by atoms with van der Waals surface area (Å²) in [6.45, 7) is 3.97. The quantitative estimate of drug-likeness (QED) is 0.470. The monoisotopic (exact) mass is 335 g/mol. The van der Waals surface area contributed by atoms with E-state index in [0.29, 0.717) is 9.23 Å². The molecule has 6 heteroatoms. The molecular weight excluding hydrogens is 318 g/mol. The number of aryl methyl sites for hydroxylation is 1. The Kier molecular flexibility index (Phi) is 5.74. The van der Waals surface area contributed by atoms with Gasteiger partial charge in [-0.05, 0) is 30.5 Å². The fourth-order valence-corrected chi connectivity index (χ4v) is 3.23. The summed E-state index contributed by atoms with van der Waals surface area (Å²) in [7, 11) is 0. The topological polar surface area (TPSA) is 46.6 Å². The predicted octanol–water partition coefficient (Wildman–Crippen LogP) is 3.01. The highest BCUT2D eigenvalue weighted by Gasteiger charge is 2.33. The van der Waals surface area contributed by atoms with E-state index < -0.39 is 5.97 Å². The smallest absolute Gasteiger partial charge is 0.326 e. The molecule has 1 aromatic carbocycles. The highest BCUT2D eigenvalue weighted by atomic mass is 32.2. The molecule has 22 heavy (non-hydrogen) atoms. The minimum Gasteiger partial charge on any atom is -0.465 e. The second kappa shape index (κ2) is 7.56. The molecule has 1 fully saturated rings. The van der Waals surface area contributed by atoms with E-state index in [1.54, 1.807) is 13.0 Å². The first-order valence-corrected chi connectivity index (χ1v) is 8.27. The van der Waals surface area contributed by atoms with Crippen molar-refractivity contribution in [2.45, 2.75) is 20.3 Å². The first kappa shape index (κ1) is 16.7. The number of amides is 1. The number of hydrogen-bond acceptors (Lipinski definition) is 5. The van der Waals surface area contributed by atoms with Crippen molar-refractivity contribution in [3.05, 3.63) is 40.3 Å². The summed E-state index contributed by atoms with van der Waals surface area (Å²) in [5.41, 5.74) is 2.18. The minimum absolute atomic E-state index is 0.134. The molecule has 0 N–H and O–H groups in total. The highest BCUT2D eigenvalue weighted by molar-refractivity contribution is 8.26. The summed E-state index contributed by atoms with van der Waals surface area (Å²) in [5, 5.41) is 0. The van der Waals surface area contributed by atoms with Gasteiger partial charge >= 0.3 is 5.97 Å². The minimum atomic E-state index is -0.452. The maximum absolute atomic E-state index is 12.3. The lowest BCUT2D eigenvalue weighted by Gasteiger charge is -2.12. The maximum atomic E-state index is 12.3. The number of rotatable bonds is 5. The van der Waals surface area contributed by atoms with E-state index in [2.05, 4.69) is 6.92 Å². The molecule has 0 saturated carbocycles. The van der Waals surface area contributed by atoms with Gasteiger partial charge in [-0.3, -0.25) is 14.5 Å². The van der Waals surface area contributed by atoms with E-state index in [1.165, 1.54) is 22.2 Å². The third kappa shape index (κ3) is 3.96. The van der Waals surface area contributed by atoms with E-state index in [1.807, 2.05) is 24.3 Å². The maximum Gasteiger partial charge on any atom is 0.326 e. The third-order valence-corrected chi connectivity index (χ3v) is 4.53. The molecule has 0 bridgehead atoms. The van der Waals surface area contributed by atoms with Crippen molar-refractivity contribution in [1.29, 1.82) is 0 Å². The van der Waals surface area contributed by atoms with Crippen molar-refractivity contribution in [3.8, 4) is 0 Å². The molecule has 1 aromatic rings. The van der Waals surface area contributed by atoms with Crippen molar-refractivity contribution in [1.82, 2.24) is 4.90 Å². The van der Waals surface area contributed by atoms with Crippen molar-refractivity contribution in [3.63, 3.8) is 0 Å². The number of benzene rings is 1. The Hall–Kier alpha value is -1.66. The Morgan fingerprint density at radius 2 is 2.00 bits per heavy atom. The molecule has 0 atom stereocenters. The largest absolute Gasteiger partial charge is 0.465 e. The SMILES string of the molecule is CCOC(=O)CN1C(=O)C(=Cc2ccc(CC)cc2)SC1=S. The van der Waals surface area contributed by atoms with Crippen molar-refractivity contribution in [2.24, 2.45) is 0 Å². The first-order valence-electron chi connectivity index (χ1n) is 7.05. The van der Waals surface area contributed by atoms with Gasteiger partial charge in [-0.1, -0.05) is 55.2 Å². The van der Waals surface area contributed by atoms with Gasteiger partial charge in [0, 0.05) is 0 Å². The summed E-state index contributed by atoms with van der Waals surface area (Å²) in [4.78, 5) is 25.7. The van der Waals surface area contributed by atoms with E-state index in [0.717, 1.165) is 12.0 Å². The van der Waals surface area contributed by atoms with Crippen LogP contribution in [0, 0.1) is 0 Å². The molecule has 4 nitrogen and oxygen atoms in total. The van der Waals surface area contributed by atoms with Crippen LogP contribution < -0.4 is 0 Å². The lowest BCUT2D eigenvalue weighted by atomic mass is 10.1. The number of carbonyl (C=O) groups excluding carboxylic acids is 2. The van der Waals surface area contributed by atoms with Crippen LogP contribution in [0.25, 0.3) is 6.08 Å². The number of nitrogens with zero attached hydrogens (tertiary/aromatic N) is 1. The lowest BCUT2D eigenvalue weighted by Crippen LogP contribution is -2.34. The van der Waals surface area contributed by atoms with Gasteiger partial charge in [0.05, 0.1) is 11.5 Å². The van der Waals surface area contributed by atoms with Gasteiger partial charge in [-0.2, -0.15) is 0 Å². The average Bonchev–Trinajstić information content (AvgIpc) is 2.76. The molecule has 1 saturated heterocycles. The normalized spacial score (nSPS) is 16.5. The zero-order valence-corrected chi connectivity index (χ0v) is 14.1. The van der Waals surface area contributed by atoms with Crippen LogP contribution in [0.2, 0.25) is 0 Å². The van der Waals surface area contributed by atoms with E-state index in [4.69, 9.17) is 17.0 Å². The lowest BCUT2D eigenvalue weighted by molar-refractivity contribution is -0.145. The van der Waals surface area contributed by atoms with Crippen LogP contribution in [0.15, 0.2) is 29.2 Å². The molecule has 1 aliphatic rings. The van der Waals surface area contributed by atoms with Crippen LogP contribution in [-0.2, 0) is 20.7 Å². The van der Waals surface area contributed by atoms with E-state index in [-0.39, 0.29) is 19.1 Å². The molecule has 2 rings (SSSR count). The number of thiocarbonyl (C=S) groups is 1. The summed E-state index contributed by atoms with van der Waals surface area (Å²) in [5.74, 6) is -0.699. The zero-order valence-electron chi connectivity index (χ0n) is 12.5. The summed E-state index contributed by atoms with van der Waals surface area (Å²) in [6.07, 6.45) is 2.77. The molecule has 1 heterocycles. The molecular formula is C16H17NO3S2. The second-order valence-electron chi connectivity index (χ2n) is 4.67. The average molecular weight is 335 g/mol. The molecule has 0 unspecified atom stereocenters. The van der Waals surface area contributed by atoms with Crippen LogP contribution in [0.1, 0.15) is 25.0 Å². The van der Waals surface area contributed by atoms with Crippen LogP contribution in [0.3, 0.4) is 0 Å². The number of esters is 1. The van der Waals surface area contributed by atoms with Gasteiger partial charge in [0.1, 0.15) is 10.9 Å². The Morgan fingerprint density at radius 3 is 2.59 bits per heavy atom. The number of ether oxygens (including phenoxy) is 1. The van der Waals surface area contributed by atoms with Gasteiger partial charge < -0.3 is 4.74 Å². The number of hydrogen-bond donors (Lipinski definition) is 0. The van der Waals surface area contributed by atoms with Gasteiger partial charge in [0.15, 0.2) is 0 Å². The first-order chi connectivity index (χ1) is 10.5. The molecule has 1 amide bonds. The summed E-state index contributed by atoms with van der Waals surface area (Å²) < 4.78 is 5.24. The van der Waals surface area contributed by atoms with Crippen LogP contribution in [-0.4, -0.2) is 34.2 Å². The molecule has 1 aliphatic heterocycles. The Bertz CT molecular complexity index is 623. The van der Waals surface area contributed by atoms with Crippen molar-refractivity contribution < 1.29 is 14.3 Å². The van der Waals surface area contributed by atoms with Crippen LogP contribution in [0.4, 0.5) is 0 Å². The van der Waals surface area contributed by atoms with E-state index in [9.17, 15) is 9.59 Å². The summed E-state index contributed by atoms with van der Waals surface area (Å²) >= 11 is 6.38. The van der Waals surface area contributed by atoms with Gasteiger partial charge in [-0.25, -0.2) is 0 Å². The predicted molar refractivity (Wildman–Crippen MR) is 92.3 cm³/mol. The van der Waals surface area contributed by atoms with Crippen LogP contribution >= 0.6 is 24.0 Å². The molecule has 0 aromatic heterocycles. The van der Waals surface area contributed by atoms with Crippen molar-refractivity contribution in [2.75, 3.05) is 13.2 Å².